The molecule has 6 heteroatoms. The van der Waals surface area contributed by atoms with Crippen molar-refractivity contribution in [1.29, 1.82) is 0 Å². The number of carbonyl (C=O) groups is 1. The summed E-state index contributed by atoms with van der Waals surface area (Å²) < 4.78 is 27.2. The molecule has 0 aromatic carbocycles. The van der Waals surface area contributed by atoms with E-state index in [1.807, 2.05) is 0 Å². The average molecular weight is 286 g/mol. The first-order chi connectivity index (χ1) is 9.57. The Morgan fingerprint density at radius 3 is 1.50 bits per heavy atom. The lowest BCUT2D eigenvalue weighted by Crippen LogP contribution is -2.28. The maximum atomic E-state index is 11.7. The first-order valence-electron chi connectivity index (χ1n) is 6.85. The van der Waals surface area contributed by atoms with Gasteiger partial charge >= 0.3 is 5.97 Å². The maximum absolute atomic E-state index is 11.7. The first kappa shape index (κ1) is 14.3. The van der Waals surface area contributed by atoms with E-state index in [1.165, 1.54) is 7.11 Å². The van der Waals surface area contributed by atoms with Crippen molar-refractivity contribution >= 4 is 5.97 Å². The Morgan fingerprint density at radius 2 is 1.20 bits per heavy atom. The predicted molar refractivity (Wildman–Crippen MR) is 67.6 cm³/mol. The second-order valence-electron chi connectivity index (χ2n) is 5.81. The summed E-state index contributed by atoms with van der Waals surface area (Å²) in [7, 11) is 8.00. The van der Waals surface area contributed by atoms with Gasteiger partial charge in [-0.25, -0.2) is 0 Å². The van der Waals surface area contributed by atoms with Crippen LogP contribution < -0.4 is 0 Å². The van der Waals surface area contributed by atoms with Crippen LogP contribution in [0.4, 0.5) is 0 Å². The van der Waals surface area contributed by atoms with Crippen LogP contribution in [0.15, 0.2) is 0 Å². The zero-order chi connectivity index (χ0) is 14.7. The molecule has 0 N–H and O–H groups in total. The van der Waals surface area contributed by atoms with Crippen LogP contribution in [0.3, 0.4) is 0 Å². The van der Waals surface area contributed by atoms with Crippen LogP contribution in [-0.2, 0) is 28.5 Å². The average Bonchev–Trinajstić information content (AvgIpc) is 3.30. The number of hydrogen-bond acceptors (Lipinski definition) is 6. The van der Waals surface area contributed by atoms with Crippen LogP contribution in [0.5, 0.6) is 0 Å². The van der Waals surface area contributed by atoms with Gasteiger partial charge in [-0.1, -0.05) is 0 Å². The molecular weight excluding hydrogens is 264 g/mol. The molecule has 0 radical (unpaired) electrons. The summed E-state index contributed by atoms with van der Waals surface area (Å²) in [5.74, 6) is -0.436. The molecule has 3 fully saturated rings. The van der Waals surface area contributed by atoms with Crippen LogP contribution in [0.25, 0.3) is 0 Å². The molecule has 0 saturated heterocycles. The molecule has 20 heavy (non-hydrogen) atoms. The fourth-order valence-corrected chi connectivity index (χ4v) is 4.87. The highest BCUT2D eigenvalue weighted by Gasteiger charge is 2.92. The molecule has 114 valence electrons. The van der Waals surface area contributed by atoms with Gasteiger partial charge in [-0.05, 0) is 5.92 Å². The highest BCUT2D eigenvalue weighted by atomic mass is 16.7. The molecule has 0 amide bonds. The lowest BCUT2D eigenvalue weighted by Gasteiger charge is -2.22. The molecule has 3 aliphatic rings. The second-order valence-corrected chi connectivity index (χ2v) is 5.81. The van der Waals surface area contributed by atoms with Gasteiger partial charge in [-0.3, -0.25) is 4.79 Å². The van der Waals surface area contributed by atoms with Gasteiger partial charge in [0.2, 0.25) is 0 Å². The molecule has 0 spiro atoms. The summed E-state index contributed by atoms with van der Waals surface area (Å²) in [6, 6.07) is 0. The van der Waals surface area contributed by atoms with Gasteiger partial charge in [0.15, 0.2) is 11.6 Å². The normalized spacial score (nSPS) is 41.8. The minimum Gasteiger partial charge on any atom is -0.469 e. The second kappa shape index (κ2) is 4.40. The molecule has 0 aromatic heterocycles. The molecule has 3 saturated carbocycles. The van der Waals surface area contributed by atoms with E-state index in [1.54, 1.807) is 28.4 Å². The van der Waals surface area contributed by atoms with Gasteiger partial charge in [-0.15, -0.1) is 0 Å². The van der Waals surface area contributed by atoms with Crippen LogP contribution in [0.2, 0.25) is 0 Å². The monoisotopic (exact) mass is 286 g/mol. The Morgan fingerprint density at radius 1 is 0.800 bits per heavy atom. The smallest absolute Gasteiger partial charge is 0.305 e. The number of fused-ring (bicyclic) bond motifs is 3. The van der Waals surface area contributed by atoms with Crippen LogP contribution in [-0.4, -0.2) is 53.1 Å². The van der Waals surface area contributed by atoms with Crippen molar-refractivity contribution < 1.29 is 28.5 Å². The van der Waals surface area contributed by atoms with Crippen molar-refractivity contribution in [2.45, 2.75) is 18.0 Å². The van der Waals surface area contributed by atoms with E-state index in [-0.39, 0.29) is 35.6 Å². The largest absolute Gasteiger partial charge is 0.469 e. The zero-order valence-electron chi connectivity index (χ0n) is 12.5. The Bertz CT molecular complexity index is 384. The molecular formula is C14H22O6. The summed E-state index contributed by atoms with van der Waals surface area (Å²) in [6.07, 6.45) is 0.349. The molecule has 0 aliphatic heterocycles. The van der Waals surface area contributed by atoms with Crippen molar-refractivity contribution in [1.82, 2.24) is 0 Å². The SMILES string of the molecule is COC(=O)CC1C2C(C3C1C3(OC)OC)C2(OC)OC. The Kier molecular flexibility index (Phi) is 3.14. The molecule has 3 aliphatic carbocycles. The van der Waals surface area contributed by atoms with E-state index in [9.17, 15) is 4.79 Å². The van der Waals surface area contributed by atoms with E-state index < -0.39 is 11.6 Å². The Labute approximate surface area is 118 Å². The number of carbonyl (C=O) groups excluding carboxylic acids is 1. The number of esters is 1. The van der Waals surface area contributed by atoms with Crippen molar-refractivity contribution in [3.63, 3.8) is 0 Å². The van der Waals surface area contributed by atoms with Gasteiger partial charge in [0.1, 0.15) is 0 Å². The summed E-state index contributed by atoms with van der Waals surface area (Å²) in [4.78, 5) is 11.7. The molecule has 0 bridgehead atoms. The summed E-state index contributed by atoms with van der Waals surface area (Å²) in [5.41, 5.74) is 0. The lowest BCUT2D eigenvalue weighted by atomic mass is 9.94. The van der Waals surface area contributed by atoms with Crippen molar-refractivity contribution in [2.75, 3.05) is 35.5 Å². The molecule has 0 heterocycles. The lowest BCUT2D eigenvalue weighted by molar-refractivity contribution is -0.165. The van der Waals surface area contributed by atoms with E-state index in [2.05, 4.69) is 0 Å². The quantitative estimate of drug-likeness (QED) is 0.528. The van der Waals surface area contributed by atoms with Gasteiger partial charge in [0.25, 0.3) is 0 Å². The number of ether oxygens (including phenoxy) is 5. The van der Waals surface area contributed by atoms with Crippen LogP contribution >= 0.6 is 0 Å². The molecule has 4 unspecified atom stereocenters. The minimum absolute atomic E-state index is 0.109. The topological polar surface area (TPSA) is 63.2 Å². The summed E-state index contributed by atoms with van der Waals surface area (Å²) in [6.45, 7) is 0. The third-order valence-electron chi connectivity index (χ3n) is 5.63. The van der Waals surface area contributed by atoms with Crippen LogP contribution in [0, 0.1) is 29.6 Å². The van der Waals surface area contributed by atoms with Gasteiger partial charge in [-0.2, -0.15) is 0 Å². The minimum atomic E-state index is -0.599. The van der Waals surface area contributed by atoms with Gasteiger partial charge in [0, 0.05) is 58.5 Å². The third-order valence-corrected chi connectivity index (χ3v) is 5.63. The van der Waals surface area contributed by atoms with Crippen molar-refractivity contribution in [3.05, 3.63) is 0 Å². The highest BCUT2D eigenvalue weighted by molar-refractivity contribution is 5.70. The highest BCUT2D eigenvalue weighted by Crippen LogP contribution is 2.82. The number of methoxy groups -OCH3 is 5. The molecule has 3 rings (SSSR count). The predicted octanol–water partition coefficient (Wildman–Crippen LogP) is 0.649. The first-order valence-corrected chi connectivity index (χ1v) is 6.85. The van der Waals surface area contributed by atoms with E-state index in [4.69, 9.17) is 23.7 Å². The number of rotatable bonds is 6. The fourth-order valence-electron chi connectivity index (χ4n) is 4.87. The molecule has 0 aromatic rings. The molecule has 6 nitrogen and oxygen atoms in total. The van der Waals surface area contributed by atoms with Gasteiger partial charge < -0.3 is 23.7 Å². The van der Waals surface area contributed by atoms with Crippen molar-refractivity contribution in [2.24, 2.45) is 29.6 Å². The van der Waals surface area contributed by atoms with Crippen LogP contribution in [0.1, 0.15) is 6.42 Å². The van der Waals surface area contributed by atoms with Crippen molar-refractivity contribution in [3.8, 4) is 0 Å². The Balaban J connectivity index is 1.87. The summed E-state index contributed by atoms with van der Waals surface area (Å²) in [5, 5.41) is 0. The molecule has 4 atom stereocenters. The van der Waals surface area contributed by atoms with E-state index >= 15 is 0 Å². The number of hydrogen-bond donors (Lipinski definition) is 0. The summed E-state index contributed by atoms with van der Waals surface area (Å²) >= 11 is 0. The fraction of sp³-hybridized carbons (Fsp3) is 0.929. The van der Waals surface area contributed by atoms with Gasteiger partial charge in [0.05, 0.1) is 7.11 Å². The third kappa shape index (κ3) is 1.40. The standard InChI is InChI=1S/C14H22O6/c1-16-8(15)6-7-9-11(13(9,17-2)18-3)12-10(7)14(12,19-4)20-5/h7,9-12H,6H2,1-5H3. The van der Waals surface area contributed by atoms with E-state index in [0.29, 0.717) is 6.42 Å². The zero-order valence-corrected chi connectivity index (χ0v) is 12.5. The Hall–Kier alpha value is -0.690. The van der Waals surface area contributed by atoms with E-state index in [0.717, 1.165) is 0 Å². The maximum Gasteiger partial charge on any atom is 0.305 e.